The summed E-state index contributed by atoms with van der Waals surface area (Å²) in [5.74, 6) is -1.03. The number of amides is 1. The van der Waals surface area contributed by atoms with E-state index in [0.717, 1.165) is 0 Å². The molecule has 2 rings (SSSR count). The highest BCUT2D eigenvalue weighted by Gasteiger charge is 2.14. The van der Waals surface area contributed by atoms with Crippen LogP contribution in [0.15, 0.2) is 30.5 Å². The Hall–Kier alpha value is -2.28. The van der Waals surface area contributed by atoms with E-state index in [9.17, 15) is 9.18 Å². The zero-order chi connectivity index (χ0) is 13.1. The zero-order valence-corrected chi connectivity index (χ0v) is 9.92. The topological polar surface area (TPSA) is 83.8 Å². The van der Waals surface area contributed by atoms with Gasteiger partial charge in [0.25, 0.3) is 5.91 Å². The standard InChI is InChI=1S/C11H9FN4OS/c12-6-2-1-3-7(9(6)10(13)18)15-11(17)8-4-5-14-16-8/h1-5H,(H2,13,18)(H,14,16)(H,15,17). The largest absolute Gasteiger partial charge is 0.389 e. The van der Waals surface area contributed by atoms with Gasteiger partial charge in [0.2, 0.25) is 0 Å². The Morgan fingerprint density at radius 2 is 2.22 bits per heavy atom. The third-order valence-electron chi connectivity index (χ3n) is 2.25. The predicted molar refractivity (Wildman–Crippen MR) is 68.8 cm³/mol. The molecule has 2 aromatic rings. The van der Waals surface area contributed by atoms with Gasteiger partial charge in [-0.3, -0.25) is 9.89 Å². The second kappa shape index (κ2) is 4.92. The van der Waals surface area contributed by atoms with Crippen molar-refractivity contribution >= 4 is 28.8 Å². The van der Waals surface area contributed by atoms with Gasteiger partial charge in [-0.05, 0) is 18.2 Å². The Balaban J connectivity index is 2.32. The first-order chi connectivity index (χ1) is 8.59. The van der Waals surface area contributed by atoms with E-state index < -0.39 is 11.7 Å². The summed E-state index contributed by atoms with van der Waals surface area (Å²) in [6.07, 6.45) is 1.44. The lowest BCUT2D eigenvalue weighted by Gasteiger charge is -2.09. The van der Waals surface area contributed by atoms with E-state index in [1.54, 1.807) is 0 Å². The molecule has 4 N–H and O–H groups in total. The van der Waals surface area contributed by atoms with E-state index in [1.165, 1.54) is 30.5 Å². The Morgan fingerprint density at radius 3 is 2.83 bits per heavy atom. The lowest BCUT2D eigenvalue weighted by molar-refractivity contribution is 0.102. The summed E-state index contributed by atoms with van der Waals surface area (Å²) < 4.78 is 13.6. The van der Waals surface area contributed by atoms with E-state index in [0.29, 0.717) is 0 Å². The number of hydrogen-bond donors (Lipinski definition) is 3. The van der Waals surface area contributed by atoms with Crippen LogP contribution >= 0.6 is 12.2 Å². The Labute approximate surface area is 107 Å². The zero-order valence-electron chi connectivity index (χ0n) is 9.11. The summed E-state index contributed by atoms with van der Waals surface area (Å²) in [7, 11) is 0. The van der Waals surface area contributed by atoms with Crippen molar-refractivity contribution < 1.29 is 9.18 Å². The van der Waals surface area contributed by atoms with Crippen molar-refractivity contribution in [1.29, 1.82) is 0 Å². The van der Waals surface area contributed by atoms with Crippen molar-refractivity contribution in [3.8, 4) is 0 Å². The number of aromatic nitrogens is 2. The SMILES string of the molecule is NC(=S)c1c(F)cccc1NC(=O)c1ccn[nH]1. The van der Waals surface area contributed by atoms with E-state index in [4.69, 9.17) is 18.0 Å². The molecule has 5 nitrogen and oxygen atoms in total. The molecule has 1 heterocycles. The highest BCUT2D eigenvalue weighted by molar-refractivity contribution is 7.80. The van der Waals surface area contributed by atoms with Crippen molar-refractivity contribution in [3.63, 3.8) is 0 Å². The molecule has 1 aromatic carbocycles. The normalized spacial score (nSPS) is 10.1. The minimum absolute atomic E-state index is 0.0142. The van der Waals surface area contributed by atoms with Crippen molar-refractivity contribution in [1.82, 2.24) is 10.2 Å². The minimum atomic E-state index is -0.579. The van der Waals surface area contributed by atoms with Crippen molar-refractivity contribution in [2.24, 2.45) is 5.73 Å². The summed E-state index contributed by atoms with van der Waals surface area (Å²) in [6.45, 7) is 0. The molecule has 0 atom stereocenters. The second-order valence-electron chi connectivity index (χ2n) is 3.45. The molecular formula is C11H9FN4OS. The first-order valence-corrected chi connectivity index (χ1v) is 5.39. The molecular weight excluding hydrogens is 255 g/mol. The quantitative estimate of drug-likeness (QED) is 0.732. The van der Waals surface area contributed by atoms with Crippen LogP contribution in [-0.4, -0.2) is 21.1 Å². The van der Waals surface area contributed by atoms with Gasteiger partial charge in [0.05, 0.1) is 11.3 Å². The smallest absolute Gasteiger partial charge is 0.273 e. The molecule has 18 heavy (non-hydrogen) atoms. The van der Waals surface area contributed by atoms with Crippen LogP contribution in [0.2, 0.25) is 0 Å². The average molecular weight is 264 g/mol. The highest BCUT2D eigenvalue weighted by atomic mass is 32.1. The number of anilines is 1. The number of H-pyrrole nitrogens is 1. The van der Waals surface area contributed by atoms with Gasteiger partial charge < -0.3 is 11.1 Å². The van der Waals surface area contributed by atoms with Crippen LogP contribution in [0, 0.1) is 5.82 Å². The fraction of sp³-hybridized carbons (Fsp3) is 0. The van der Waals surface area contributed by atoms with E-state index in [1.807, 2.05) is 0 Å². The fourth-order valence-electron chi connectivity index (χ4n) is 1.45. The van der Waals surface area contributed by atoms with Crippen LogP contribution in [0.1, 0.15) is 16.1 Å². The molecule has 1 amide bonds. The van der Waals surface area contributed by atoms with Gasteiger partial charge in [-0.1, -0.05) is 18.3 Å². The minimum Gasteiger partial charge on any atom is -0.389 e. The lowest BCUT2D eigenvalue weighted by Crippen LogP contribution is -2.19. The lowest BCUT2D eigenvalue weighted by atomic mass is 10.1. The molecule has 0 unspecified atom stereocenters. The number of carbonyl (C=O) groups is 1. The van der Waals surface area contributed by atoms with Crippen LogP contribution in [0.5, 0.6) is 0 Å². The van der Waals surface area contributed by atoms with Crippen LogP contribution < -0.4 is 11.1 Å². The first-order valence-electron chi connectivity index (χ1n) is 4.98. The van der Waals surface area contributed by atoms with Gasteiger partial charge in [0.15, 0.2) is 0 Å². The Kier molecular flexibility index (Phi) is 3.33. The maximum absolute atomic E-state index is 13.6. The van der Waals surface area contributed by atoms with Crippen LogP contribution in [0.25, 0.3) is 0 Å². The number of rotatable bonds is 3. The van der Waals surface area contributed by atoms with E-state index >= 15 is 0 Å². The molecule has 0 aliphatic rings. The fourth-order valence-corrected chi connectivity index (χ4v) is 1.66. The summed E-state index contributed by atoms with van der Waals surface area (Å²) in [6, 6.07) is 5.70. The van der Waals surface area contributed by atoms with Gasteiger partial charge in [-0.15, -0.1) is 0 Å². The number of carbonyl (C=O) groups excluding carboxylic acids is 1. The monoisotopic (exact) mass is 264 g/mol. The molecule has 0 spiro atoms. The number of hydrogen-bond acceptors (Lipinski definition) is 3. The average Bonchev–Trinajstić information content (AvgIpc) is 2.81. The molecule has 0 radical (unpaired) electrons. The van der Waals surface area contributed by atoms with Gasteiger partial charge in [0.1, 0.15) is 16.5 Å². The summed E-state index contributed by atoms with van der Waals surface area (Å²) in [5.41, 5.74) is 5.93. The van der Waals surface area contributed by atoms with E-state index in [-0.39, 0.29) is 21.9 Å². The second-order valence-corrected chi connectivity index (χ2v) is 3.89. The Bertz CT molecular complexity index is 597. The number of nitrogens with one attached hydrogen (secondary N) is 2. The maximum Gasteiger partial charge on any atom is 0.273 e. The number of nitrogens with zero attached hydrogens (tertiary/aromatic N) is 1. The van der Waals surface area contributed by atoms with Crippen LogP contribution in [-0.2, 0) is 0 Å². The van der Waals surface area contributed by atoms with Crippen molar-refractivity contribution in [3.05, 3.63) is 47.5 Å². The van der Waals surface area contributed by atoms with Crippen LogP contribution in [0.4, 0.5) is 10.1 Å². The molecule has 7 heteroatoms. The summed E-state index contributed by atoms with van der Waals surface area (Å²) >= 11 is 4.76. The molecule has 0 aliphatic carbocycles. The number of aromatic amines is 1. The third kappa shape index (κ3) is 2.35. The van der Waals surface area contributed by atoms with Gasteiger partial charge in [-0.2, -0.15) is 5.10 Å². The Morgan fingerprint density at radius 1 is 1.44 bits per heavy atom. The molecule has 1 aromatic heterocycles. The number of nitrogens with two attached hydrogens (primary N) is 1. The molecule has 92 valence electrons. The van der Waals surface area contributed by atoms with Gasteiger partial charge in [-0.25, -0.2) is 4.39 Å². The molecule has 0 saturated heterocycles. The highest BCUT2D eigenvalue weighted by Crippen LogP contribution is 2.19. The van der Waals surface area contributed by atoms with Crippen LogP contribution in [0.3, 0.4) is 0 Å². The molecule has 0 saturated carbocycles. The molecule has 0 fully saturated rings. The third-order valence-corrected chi connectivity index (χ3v) is 2.46. The van der Waals surface area contributed by atoms with E-state index in [2.05, 4.69) is 15.5 Å². The molecule has 0 aliphatic heterocycles. The van der Waals surface area contributed by atoms with Crippen molar-refractivity contribution in [2.45, 2.75) is 0 Å². The van der Waals surface area contributed by atoms with Crippen molar-refractivity contribution in [2.75, 3.05) is 5.32 Å². The molecule has 0 bridgehead atoms. The van der Waals surface area contributed by atoms with Gasteiger partial charge >= 0.3 is 0 Å². The first kappa shape index (κ1) is 12.2. The maximum atomic E-state index is 13.6. The predicted octanol–water partition coefficient (Wildman–Crippen LogP) is 1.44. The number of halogens is 1. The summed E-state index contributed by atoms with van der Waals surface area (Å²) in [5, 5.41) is 8.67. The number of thiocarbonyl (C=S) groups is 1. The summed E-state index contributed by atoms with van der Waals surface area (Å²) in [4.78, 5) is 11.7. The number of benzene rings is 1. The van der Waals surface area contributed by atoms with Gasteiger partial charge in [0, 0.05) is 6.20 Å².